The highest BCUT2D eigenvalue weighted by Crippen LogP contribution is 2.34. The van der Waals surface area contributed by atoms with Crippen molar-refractivity contribution in [2.45, 2.75) is 45.2 Å². The van der Waals surface area contributed by atoms with Crippen molar-refractivity contribution in [3.05, 3.63) is 65.6 Å². The lowest BCUT2D eigenvalue weighted by Crippen LogP contribution is -2.52. The molecule has 0 saturated carbocycles. The molecule has 2 amide bonds. The number of halogens is 2. The number of hydrogen-bond acceptors (Lipinski definition) is 4. The fraction of sp³-hybridized carbons (Fsp3) is 0.379. The molecular weight excluding hydrogens is 504 g/mol. The summed E-state index contributed by atoms with van der Waals surface area (Å²) in [5.41, 5.74) is 2.08. The van der Waals surface area contributed by atoms with Crippen LogP contribution in [0.5, 0.6) is 0 Å². The van der Waals surface area contributed by atoms with Crippen LogP contribution >= 0.6 is 0 Å². The Morgan fingerprint density at radius 3 is 2.41 bits per heavy atom. The zero-order valence-corrected chi connectivity index (χ0v) is 21.7. The molecular formula is C29H29F2N5O3. The van der Waals surface area contributed by atoms with Crippen molar-refractivity contribution in [1.29, 1.82) is 0 Å². The molecule has 4 aromatic rings. The molecule has 0 radical (unpaired) electrons. The van der Waals surface area contributed by atoms with Crippen LogP contribution in [0.15, 0.2) is 42.5 Å². The van der Waals surface area contributed by atoms with Crippen molar-refractivity contribution < 1.29 is 23.2 Å². The molecule has 2 aromatic carbocycles. The minimum absolute atomic E-state index is 0.00961. The molecule has 2 aromatic heterocycles. The van der Waals surface area contributed by atoms with Crippen LogP contribution in [0.25, 0.3) is 21.9 Å². The molecule has 6 rings (SSSR count). The van der Waals surface area contributed by atoms with Gasteiger partial charge < -0.3 is 19.8 Å². The van der Waals surface area contributed by atoms with Gasteiger partial charge in [-0.25, -0.2) is 13.8 Å². The Kier molecular flexibility index (Phi) is 6.20. The largest absolute Gasteiger partial charge is 0.352 e. The number of aromatic nitrogens is 3. The van der Waals surface area contributed by atoms with Gasteiger partial charge in [0.1, 0.15) is 0 Å². The smallest absolute Gasteiger partial charge is 0.290 e. The lowest BCUT2D eigenvalue weighted by atomic mass is 9.90. The molecule has 8 nitrogen and oxygen atoms in total. The van der Waals surface area contributed by atoms with Gasteiger partial charge in [-0.1, -0.05) is 26.0 Å². The van der Waals surface area contributed by atoms with E-state index in [4.69, 9.17) is 0 Å². The van der Waals surface area contributed by atoms with Crippen molar-refractivity contribution in [2.24, 2.45) is 11.8 Å². The van der Waals surface area contributed by atoms with Gasteiger partial charge in [-0.2, -0.15) is 0 Å². The molecule has 0 spiro atoms. The molecule has 39 heavy (non-hydrogen) atoms. The molecule has 2 saturated heterocycles. The van der Waals surface area contributed by atoms with Gasteiger partial charge in [0.25, 0.3) is 5.91 Å². The number of aromatic amines is 2. The van der Waals surface area contributed by atoms with E-state index in [0.717, 1.165) is 23.2 Å². The maximum Gasteiger partial charge on any atom is 0.290 e. The minimum atomic E-state index is -0.992. The third kappa shape index (κ3) is 4.57. The Hall–Kier alpha value is -4.08. The third-order valence-corrected chi connectivity index (χ3v) is 7.88. The van der Waals surface area contributed by atoms with Crippen LogP contribution in [0.2, 0.25) is 0 Å². The molecule has 0 aliphatic carbocycles. The molecule has 2 aliphatic heterocycles. The number of Topliss-reactive ketones (excluding diaryl/α,β-unsaturated/α-hetero) is 1. The summed E-state index contributed by atoms with van der Waals surface area (Å²) in [5.74, 6) is -2.57. The number of ketones is 1. The van der Waals surface area contributed by atoms with Gasteiger partial charge in [0, 0.05) is 42.4 Å². The monoisotopic (exact) mass is 533 g/mol. The lowest BCUT2D eigenvalue weighted by Gasteiger charge is -2.36. The number of nitrogens with one attached hydrogen (secondary N) is 2. The predicted molar refractivity (Wildman–Crippen MR) is 141 cm³/mol. The number of hydrogen-bond donors (Lipinski definition) is 2. The molecule has 3 atom stereocenters. The first-order valence-corrected chi connectivity index (χ1v) is 13.2. The van der Waals surface area contributed by atoms with Gasteiger partial charge in [0.05, 0.1) is 28.8 Å². The summed E-state index contributed by atoms with van der Waals surface area (Å²) < 4.78 is 27.3. The Morgan fingerprint density at radius 2 is 1.69 bits per heavy atom. The van der Waals surface area contributed by atoms with E-state index in [-0.39, 0.29) is 47.7 Å². The molecule has 2 aliphatic rings. The summed E-state index contributed by atoms with van der Waals surface area (Å²) in [5, 5.41) is 0.398. The van der Waals surface area contributed by atoms with Gasteiger partial charge in [-0.15, -0.1) is 0 Å². The summed E-state index contributed by atoms with van der Waals surface area (Å²) in [7, 11) is 0. The van der Waals surface area contributed by atoms with Gasteiger partial charge in [-0.3, -0.25) is 14.4 Å². The summed E-state index contributed by atoms with van der Waals surface area (Å²) in [6, 6.07) is 10.8. The van der Waals surface area contributed by atoms with Crippen molar-refractivity contribution in [2.75, 3.05) is 13.1 Å². The number of nitrogens with zero attached hydrogens (tertiary/aromatic N) is 3. The summed E-state index contributed by atoms with van der Waals surface area (Å²) in [6.45, 7) is 4.85. The Bertz CT molecular complexity index is 1540. The van der Waals surface area contributed by atoms with Crippen LogP contribution in [0.3, 0.4) is 0 Å². The van der Waals surface area contributed by atoms with E-state index in [1.807, 2.05) is 43.0 Å². The average molecular weight is 534 g/mol. The quantitative estimate of drug-likeness (QED) is 0.337. The molecule has 0 unspecified atom stereocenters. The Morgan fingerprint density at radius 1 is 0.974 bits per heavy atom. The first-order valence-electron chi connectivity index (χ1n) is 13.2. The van der Waals surface area contributed by atoms with Gasteiger partial charge in [0.15, 0.2) is 23.2 Å². The van der Waals surface area contributed by atoms with Crippen LogP contribution in [0, 0.1) is 23.5 Å². The maximum atomic E-state index is 13.7. The molecule has 10 heteroatoms. The zero-order valence-electron chi connectivity index (χ0n) is 21.7. The van der Waals surface area contributed by atoms with Crippen LogP contribution in [0.1, 0.15) is 54.2 Å². The van der Waals surface area contributed by atoms with E-state index >= 15 is 0 Å². The van der Waals surface area contributed by atoms with Crippen molar-refractivity contribution in [3.63, 3.8) is 0 Å². The Labute approximate surface area is 223 Å². The van der Waals surface area contributed by atoms with Crippen molar-refractivity contribution in [1.82, 2.24) is 24.8 Å². The number of fused-ring (bicyclic) bond motifs is 4. The first-order chi connectivity index (χ1) is 18.7. The van der Waals surface area contributed by atoms with Crippen LogP contribution in [-0.4, -0.2) is 67.5 Å². The summed E-state index contributed by atoms with van der Waals surface area (Å²) in [6.07, 6.45) is 1.22. The van der Waals surface area contributed by atoms with E-state index < -0.39 is 17.6 Å². The number of para-hydroxylation sites is 2. The van der Waals surface area contributed by atoms with E-state index in [1.165, 1.54) is 6.07 Å². The number of H-pyrrole nitrogens is 2. The fourth-order valence-corrected chi connectivity index (χ4v) is 6.06. The number of benzene rings is 2. The van der Waals surface area contributed by atoms with Crippen LogP contribution in [-0.2, 0) is 4.79 Å². The number of carbonyl (C=O) groups excluding carboxylic acids is 3. The van der Waals surface area contributed by atoms with Crippen LogP contribution in [0.4, 0.5) is 8.78 Å². The molecule has 2 bridgehead atoms. The fourth-order valence-electron chi connectivity index (χ4n) is 6.06. The predicted octanol–water partition coefficient (Wildman–Crippen LogP) is 4.68. The average Bonchev–Trinajstić information content (AvgIpc) is 3.69. The zero-order chi connectivity index (χ0) is 27.4. The van der Waals surface area contributed by atoms with Gasteiger partial charge >= 0.3 is 0 Å². The molecule has 202 valence electrons. The first kappa shape index (κ1) is 25.2. The summed E-state index contributed by atoms with van der Waals surface area (Å²) >= 11 is 0. The number of rotatable bonds is 7. The van der Waals surface area contributed by atoms with Crippen LogP contribution < -0.4 is 0 Å². The lowest BCUT2D eigenvalue weighted by molar-refractivity contribution is -0.138. The third-order valence-electron chi connectivity index (χ3n) is 7.88. The second-order valence-corrected chi connectivity index (χ2v) is 11.1. The summed E-state index contributed by atoms with van der Waals surface area (Å²) in [4.78, 5) is 54.1. The SMILES string of the molecule is CC(C)C[C@H](CC(=O)c1cc2cc(F)c(F)cc2[nH]1)C(=O)N1C[C@@H]2C[C@H]1CN2C(=O)c1nc2ccccc2[nH]1. The van der Waals surface area contributed by atoms with E-state index in [9.17, 15) is 23.2 Å². The standard InChI is InChI=1S/C29H29F2N5O3/c1-15(2)7-17(10-26(37)25-9-16-8-20(30)21(31)12-24(16)32-25)28(38)35-13-19-11-18(35)14-36(19)29(39)27-33-22-5-3-4-6-23(22)34-27/h3-6,8-9,12,15,17-19,32H,7,10-11,13-14H2,1-2H3,(H,33,34)/t17-,18+,19+/m1/s1. The molecule has 2 N–H and O–H groups in total. The topological polar surface area (TPSA) is 102 Å². The van der Waals surface area contributed by atoms with Crippen molar-refractivity contribution in [3.8, 4) is 0 Å². The van der Waals surface area contributed by atoms with Gasteiger partial charge in [0.2, 0.25) is 5.91 Å². The van der Waals surface area contributed by atoms with E-state index in [0.29, 0.717) is 42.7 Å². The normalized spacial score (nSPS) is 19.5. The Balaban J connectivity index is 1.15. The highest BCUT2D eigenvalue weighted by molar-refractivity contribution is 6.01. The number of carbonyl (C=O) groups is 3. The van der Waals surface area contributed by atoms with Gasteiger partial charge in [-0.05, 0) is 43.0 Å². The molecule has 2 fully saturated rings. The molecule has 4 heterocycles. The number of amides is 2. The second kappa shape index (κ2) is 9.59. The van der Waals surface area contributed by atoms with E-state index in [1.54, 1.807) is 4.90 Å². The highest BCUT2D eigenvalue weighted by Gasteiger charge is 2.48. The van der Waals surface area contributed by atoms with E-state index in [2.05, 4.69) is 15.0 Å². The number of likely N-dealkylation sites (tertiary alicyclic amines) is 2. The second-order valence-electron chi connectivity index (χ2n) is 11.1. The number of piperazine rings is 1. The minimum Gasteiger partial charge on any atom is -0.352 e. The highest BCUT2D eigenvalue weighted by atomic mass is 19.2. The maximum absolute atomic E-state index is 13.7. The number of imidazole rings is 1. The van der Waals surface area contributed by atoms with Crippen molar-refractivity contribution >= 4 is 39.5 Å².